The maximum atomic E-state index is 12.8. The van der Waals surface area contributed by atoms with Crippen molar-refractivity contribution in [3.05, 3.63) is 12.2 Å². The molecule has 1 aliphatic heterocycles. The molecule has 128 valence electrons. The topological polar surface area (TPSA) is 108 Å². The van der Waals surface area contributed by atoms with Crippen molar-refractivity contribution in [2.75, 3.05) is 20.0 Å². The standard InChI is InChI=1S/C12H22NO7PS/c1-11(2,3)20-10(14)13-12(21(15,18-4)19-5)8-6-7-9-22(12,16)17/h6-7H,8-9H2,1-5H3,(H,13,14). The first-order valence-electron chi connectivity index (χ1n) is 6.53. The highest BCUT2D eigenvalue weighted by molar-refractivity contribution is 7.99. The van der Waals surface area contributed by atoms with Crippen LogP contribution in [0.4, 0.5) is 4.79 Å². The first-order valence-corrected chi connectivity index (χ1v) is 9.72. The summed E-state index contributed by atoms with van der Waals surface area (Å²) in [5.41, 5.74) is -0.844. The van der Waals surface area contributed by atoms with Gasteiger partial charge in [-0.15, -0.1) is 0 Å². The molecule has 0 aromatic heterocycles. The molecule has 0 radical (unpaired) electrons. The molecule has 1 heterocycles. The summed E-state index contributed by atoms with van der Waals surface area (Å²) < 4.78 is 50.4. The molecule has 1 unspecified atom stereocenters. The largest absolute Gasteiger partial charge is 0.444 e. The number of sulfone groups is 1. The average Bonchev–Trinajstić information content (AvgIpc) is 2.38. The van der Waals surface area contributed by atoms with Gasteiger partial charge in [0.1, 0.15) is 5.60 Å². The first kappa shape index (κ1) is 19.2. The lowest BCUT2D eigenvalue weighted by atomic mass is 10.2. The van der Waals surface area contributed by atoms with Crippen molar-refractivity contribution < 1.29 is 31.6 Å². The number of hydrogen-bond acceptors (Lipinski definition) is 7. The van der Waals surface area contributed by atoms with E-state index in [0.717, 1.165) is 14.2 Å². The molecule has 0 saturated carbocycles. The lowest BCUT2D eigenvalue weighted by molar-refractivity contribution is 0.0500. The molecule has 0 aliphatic carbocycles. The summed E-state index contributed by atoms with van der Waals surface area (Å²) in [5.74, 6) is -0.389. The molecule has 0 fully saturated rings. The molecule has 22 heavy (non-hydrogen) atoms. The third-order valence-electron chi connectivity index (χ3n) is 3.01. The van der Waals surface area contributed by atoms with Gasteiger partial charge in [-0.1, -0.05) is 12.2 Å². The van der Waals surface area contributed by atoms with Crippen LogP contribution in [-0.2, 0) is 28.2 Å². The fourth-order valence-corrected chi connectivity index (χ4v) is 6.60. The van der Waals surface area contributed by atoms with Crippen LogP contribution in [0.3, 0.4) is 0 Å². The van der Waals surface area contributed by atoms with Gasteiger partial charge in [0.05, 0.1) is 5.75 Å². The lowest BCUT2D eigenvalue weighted by Gasteiger charge is -2.38. The van der Waals surface area contributed by atoms with Crippen LogP contribution in [0.5, 0.6) is 0 Å². The van der Waals surface area contributed by atoms with E-state index in [2.05, 4.69) is 5.32 Å². The van der Waals surface area contributed by atoms with E-state index in [1.54, 1.807) is 20.8 Å². The second-order valence-electron chi connectivity index (χ2n) is 5.73. The molecule has 1 N–H and O–H groups in total. The van der Waals surface area contributed by atoms with Gasteiger partial charge in [-0.3, -0.25) is 9.88 Å². The Labute approximate surface area is 130 Å². The monoisotopic (exact) mass is 355 g/mol. The van der Waals surface area contributed by atoms with Crippen molar-refractivity contribution in [3.8, 4) is 0 Å². The van der Waals surface area contributed by atoms with Gasteiger partial charge < -0.3 is 13.8 Å². The molecular weight excluding hydrogens is 333 g/mol. The van der Waals surface area contributed by atoms with Crippen molar-refractivity contribution in [2.24, 2.45) is 0 Å². The molecule has 0 bridgehead atoms. The number of nitrogens with one attached hydrogen (secondary N) is 1. The minimum atomic E-state index is -4.18. The number of hydrogen-bond donors (Lipinski definition) is 1. The molecule has 0 spiro atoms. The third-order valence-corrected chi connectivity index (χ3v) is 8.59. The normalized spacial score (nSPS) is 24.8. The molecule has 0 aromatic rings. The molecular formula is C12H22NO7PS. The second kappa shape index (κ2) is 6.31. The van der Waals surface area contributed by atoms with Gasteiger partial charge in [-0.25, -0.2) is 13.2 Å². The average molecular weight is 355 g/mol. The molecule has 0 saturated heterocycles. The van der Waals surface area contributed by atoms with Crippen LogP contribution in [0.1, 0.15) is 27.2 Å². The molecule has 1 amide bonds. The maximum absolute atomic E-state index is 12.8. The van der Waals surface area contributed by atoms with E-state index in [1.807, 2.05) is 0 Å². The van der Waals surface area contributed by atoms with Crippen molar-refractivity contribution in [3.63, 3.8) is 0 Å². The zero-order valence-electron chi connectivity index (χ0n) is 13.3. The van der Waals surface area contributed by atoms with Gasteiger partial charge >= 0.3 is 13.7 Å². The van der Waals surface area contributed by atoms with Gasteiger partial charge in [0.15, 0.2) is 9.84 Å². The van der Waals surface area contributed by atoms with E-state index in [4.69, 9.17) is 13.8 Å². The summed E-state index contributed by atoms with van der Waals surface area (Å²) in [6, 6.07) is 0. The number of carbonyl (C=O) groups is 1. The van der Waals surface area contributed by atoms with E-state index in [1.165, 1.54) is 12.2 Å². The van der Waals surface area contributed by atoms with Crippen molar-refractivity contribution >= 4 is 23.5 Å². The van der Waals surface area contributed by atoms with E-state index in [0.29, 0.717) is 0 Å². The van der Waals surface area contributed by atoms with Crippen molar-refractivity contribution in [2.45, 2.75) is 37.4 Å². The van der Waals surface area contributed by atoms with Gasteiger partial charge in [0.25, 0.3) is 4.61 Å². The van der Waals surface area contributed by atoms with E-state index in [9.17, 15) is 17.8 Å². The highest BCUT2D eigenvalue weighted by Gasteiger charge is 2.61. The van der Waals surface area contributed by atoms with E-state index in [-0.39, 0.29) is 12.2 Å². The summed E-state index contributed by atoms with van der Waals surface area (Å²) in [5, 5.41) is 2.21. The summed E-state index contributed by atoms with van der Waals surface area (Å²) in [4.78, 5) is 12.0. The minimum absolute atomic E-state index is 0.243. The fraction of sp³-hybridized carbons (Fsp3) is 0.750. The lowest BCUT2D eigenvalue weighted by Crippen LogP contribution is -2.56. The highest BCUT2D eigenvalue weighted by Crippen LogP contribution is 2.62. The summed E-state index contributed by atoms with van der Waals surface area (Å²) >= 11 is 0. The Kier molecular flexibility index (Phi) is 5.50. The van der Waals surface area contributed by atoms with Crippen molar-refractivity contribution in [1.29, 1.82) is 0 Å². The molecule has 1 atom stereocenters. The van der Waals surface area contributed by atoms with Gasteiger partial charge in [0, 0.05) is 20.6 Å². The number of rotatable bonds is 4. The van der Waals surface area contributed by atoms with Crippen LogP contribution in [0.2, 0.25) is 0 Å². The Morgan fingerprint density at radius 1 is 1.23 bits per heavy atom. The molecule has 10 heteroatoms. The first-order chi connectivity index (χ1) is 9.93. The summed E-state index contributed by atoms with van der Waals surface area (Å²) in [7, 11) is -6.08. The quantitative estimate of drug-likeness (QED) is 0.607. The number of amides is 1. The predicted molar refractivity (Wildman–Crippen MR) is 81.3 cm³/mol. The van der Waals surface area contributed by atoms with Crippen LogP contribution in [0.25, 0.3) is 0 Å². The van der Waals surface area contributed by atoms with E-state index < -0.39 is 33.7 Å². The Morgan fingerprint density at radius 2 is 1.77 bits per heavy atom. The van der Waals surface area contributed by atoms with Crippen LogP contribution >= 0.6 is 7.60 Å². The zero-order valence-corrected chi connectivity index (χ0v) is 15.0. The molecule has 8 nitrogen and oxygen atoms in total. The van der Waals surface area contributed by atoms with Gasteiger partial charge in [-0.05, 0) is 20.8 Å². The van der Waals surface area contributed by atoms with Crippen LogP contribution in [-0.4, -0.2) is 44.7 Å². The Bertz CT molecular complexity index is 599. The fourth-order valence-electron chi connectivity index (χ4n) is 2.01. The van der Waals surface area contributed by atoms with E-state index >= 15 is 0 Å². The van der Waals surface area contributed by atoms with Crippen LogP contribution in [0.15, 0.2) is 12.2 Å². The SMILES string of the molecule is COP(=O)(OC)C1(NC(=O)OC(C)(C)C)CC=CCS1(=O)=O. The zero-order chi connectivity index (χ0) is 17.2. The van der Waals surface area contributed by atoms with Crippen molar-refractivity contribution in [1.82, 2.24) is 5.32 Å². The third kappa shape index (κ3) is 3.53. The number of ether oxygens (including phenoxy) is 1. The number of carbonyl (C=O) groups excluding carboxylic acids is 1. The Balaban J connectivity index is 3.34. The maximum Gasteiger partial charge on any atom is 0.409 e. The molecule has 1 aliphatic rings. The summed E-state index contributed by atoms with van der Waals surface area (Å²) in [6.45, 7) is 4.88. The highest BCUT2D eigenvalue weighted by atomic mass is 32.2. The second-order valence-corrected chi connectivity index (χ2v) is 10.8. The molecule has 1 rings (SSSR count). The Hall–Kier alpha value is -0.890. The van der Waals surface area contributed by atoms with Crippen LogP contribution in [0, 0.1) is 0 Å². The number of alkyl carbamates (subject to hydrolysis) is 1. The van der Waals surface area contributed by atoms with Crippen LogP contribution < -0.4 is 5.32 Å². The van der Waals surface area contributed by atoms with Gasteiger partial charge in [-0.2, -0.15) is 0 Å². The predicted octanol–water partition coefficient (Wildman–Crippen LogP) is 2.03. The Morgan fingerprint density at radius 3 is 2.18 bits per heavy atom. The molecule has 0 aromatic carbocycles. The smallest absolute Gasteiger partial charge is 0.409 e. The van der Waals surface area contributed by atoms with Gasteiger partial charge in [0.2, 0.25) is 0 Å². The summed E-state index contributed by atoms with van der Waals surface area (Å²) in [6.07, 6.45) is 1.66. The minimum Gasteiger partial charge on any atom is -0.444 e.